The molecule has 4 aliphatic rings. The molecule has 10 rings (SSSR count). The van der Waals surface area contributed by atoms with Crippen molar-refractivity contribution in [2.24, 2.45) is 0 Å². The van der Waals surface area contributed by atoms with Gasteiger partial charge in [0.15, 0.2) is 5.76 Å². The number of aromatic hydroxyl groups is 1. The molecule has 0 saturated carbocycles. The largest absolute Gasteiger partial charge is 0.508 e. The van der Waals surface area contributed by atoms with E-state index in [-0.39, 0.29) is 25.4 Å². The van der Waals surface area contributed by atoms with Gasteiger partial charge in [-0.25, -0.2) is 18.0 Å². The highest BCUT2D eigenvalue weighted by atomic mass is 79.9. The Morgan fingerprint density at radius 1 is 0.500 bits per heavy atom. The van der Waals surface area contributed by atoms with Crippen LogP contribution in [0.15, 0.2) is 152 Å². The van der Waals surface area contributed by atoms with Gasteiger partial charge in [0.2, 0.25) is 0 Å². The lowest BCUT2D eigenvalue weighted by Crippen LogP contribution is -2.50. The van der Waals surface area contributed by atoms with Crippen LogP contribution < -0.4 is 23.7 Å². The van der Waals surface area contributed by atoms with E-state index in [9.17, 15) is 23.1 Å². The third-order valence-corrected chi connectivity index (χ3v) is 18.7. The second-order valence-electron chi connectivity index (χ2n) is 22.0. The summed E-state index contributed by atoms with van der Waals surface area (Å²) >= 11 is 10.5. The maximum atomic E-state index is 13.6. The van der Waals surface area contributed by atoms with Crippen LogP contribution in [0.3, 0.4) is 0 Å². The van der Waals surface area contributed by atoms with Crippen LogP contribution in [0.2, 0.25) is 0 Å². The molecule has 0 spiro atoms. The molecule has 0 aliphatic carbocycles. The minimum atomic E-state index is -1.43. The molecule has 0 bridgehead atoms. The summed E-state index contributed by atoms with van der Waals surface area (Å²) < 4.78 is 68.6. The number of carbonyl (C=O) groups is 2. The Morgan fingerprint density at radius 2 is 0.872 bits per heavy atom. The van der Waals surface area contributed by atoms with Gasteiger partial charge in [0.05, 0.1) is 55.4 Å². The Morgan fingerprint density at radius 3 is 1.30 bits per heavy atom. The number of piperazine rings is 2. The van der Waals surface area contributed by atoms with Crippen LogP contribution in [0.4, 0.5) is 9.59 Å². The number of methoxy groups -OCH3 is 2. The van der Waals surface area contributed by atoms with Gasteiger partial charge in [-0.15, -0.1) is 0 Å². The van der Waals surface area contributed by atoms with Gasteiger partial charge in [-0.3, -0.25) is 9.80 Å². The van der Waals surface area contributed by atoms with Crippen molar-refractivity contribution in [2.75, 3.05) is 92.9 Å². The number of rotatable bonds is 14. The predicted octanol–water partition coefficient (Wildman–Crippen LogP) is 14.2. The first-order chi connectivity index (χ1) is 40.6. The standard InChI is InChI=1S/C32H35BrN2O6S.C17H26N2O4.C15H10Br2O2S.CH4/c1-32(2,3)41-31(36)35-17-15-34(16-18-35)19-20-39-24-9-11-25(12-10-24)40-29-27-14-13-26(38-4)21-28(27)42(37)30(29)22-5-7-23(33)8-6-22;1-17(2,3)23-16(21)19-10-8-18(9-11-19)12-13-22-15-6-4-14(20)5-7-15;1-19-11-6-7-12-13(8-11)20(18)15(14(12)17)9-2-4-10(16)5-3-9;/h5-14,21H,15-20H2,1-4H3;4-7,20H,8-13H2,1-3H3;2-8H,1H3;1H4. The Hall–Kier alpha value is -6.20. The van der Waals surface area contributed by atoms with Gasteiger partial charge in [-0.2, -0.15) is 0 Å². The highest BCUT2D eigenvalue weighted by Gasteiger charge is 2.34. The van der Waals surface area contributed by atoms with E-state index < -0.39 is 32.8 Å². The Balaban J connectivity index is 0.000000202. The van der Waals surface area contributed by atoms with Crippen LogP contribution in [0.1, 0.15) is 71.2 Å². The van der Waals surface area contributed by atoms with E-state index in [1.54, 1.807) is 54.4 Å². The number of carbonyl (C=O) groups excluding carboxylic acids is 2. The highest BCUT2D eigenvalue weighted by Crippen LogP contribution is 2.47. The van der Waals surface area contributed by atoms with Crippen LogP contribution in [0.25, 0.3) is 20.1 Å². The molecule has 460 valence electrons. The maximum absolute atomic E-state index is 13.6. The number of hydrogen-bond donors (Lipinski definition) is 1. The van der Waals surface area contributed by atoms with Crippen molar-refractivity contribution in [3.8, 4) is 34.5 Å². The summed E-state index contributed by atoms with van der Waals surface area (Å²) in [5.41, 5.74) is 2.57. The summed E-state index contributed by atoms with van der Waals surface area (Å²) in [6, 6.07) is 40.8. The predicted molar refractivity (Wildman–Crippen MR) is 351 cm³/mol. The normalized spacial score (nSPS) is 16.7. The molecule has 6 aromatic rings. The molecule has 2 fully saturated rings. The lowest BCUT2D eigenvalue weighted by molar-refractivity contribution is 0.0127. The molecule has 2 saturated heterocycles. The minimum absolute atomic E-state index is 0. The molecule has 0 radical (unpaired) electrons. The van der Waals surface area contributed by atoms with Crippen LogP contribution in [-0.4, -0.2) is 149 Å². The second kappa shape index (κ2) is 30.6. The molecule has 4 aliphatic heterocycles. The molecule has 0 aromatic heterocycles. The number of benzene rings is 6. The second-order valence-corrected chi connectivity index (χ2v) is 27.4. The zero-order valence-electron chi connectivity index (χ0n) is 48.9. The number of halogens is 3. The molecule has 2 unspecified atom stereocenters. The molecule has 2 atom stereocenters. The average molecular weight is 1410 g/mol. The third-order valence-electron chi connectivity index (χ3n) is 13.5. The van der Waals surface area contributed by atoms with Crippen molar-refractivity contribution in [1.82, 2.24) is 19.6 Å². The van der Waals surface area contributed by atoms with Gasteiger partial charge in [0.25, 0.3) is 0 Å². The third kappa shape index (κ3) is 18.4. The summed E-state index contributed by atoms with van der Waals surface area (Å²) in [6.45, 7) is 19.8. The number of amides is 2. The van der Waals surface area contributed by atoms with Crippen LogP contribution in [0.5, 0.6) is 34.5 Å². The van der Waals surface area contributed by atoms with Gasteiger partial charge in [0, 0.05) is 90.0 Å². The van der Waals surface area contributed by atoms with Gasteiger partial charge in [-0.05, 0) is 178 Å². The first kappa shape index (κ1) is 67.3. The summed E-state index contributed by atoms with van der Waals surface area (Å²) in [6.07, 6.45) is -0.495. The van der Waals surface area contributed by atoms with Crippen LogP contribution in [0, 0.1) is 0 Å². The smallest absolute Gasteiger partial charge is 0.410 e. The number of phenols is 1. The number of nitrogens with zero attached hydrogens (tertiary/aromatic N) is 4. The van der Waals surface area contributed by atoms with E-state index in [0.717, 1.165) is 102 Å². The molecule has 86 heavy (non-hydrogen) atoms. The fourth-order valence-electron chi connectivity index (χ4n) is 9.15. The molecular weight excluding hydrogens is 1330 g/mol. The minimum Gasteiger partial charge on any atom is -0.508 e. The zero-order valence-corrected chi connectivity index (χ0v) is 55.3. The molecule has 21 heteroatoms. The van der Waals surface area contributed by atoms with Gasteiger partial charge >= 0.3 is 12.2 Å². The van der Waals surface area contributed by atoms with E-state index >= 15 is 0 Å². The molecule has 16 nitrogen and oxygen atoms in total. The molecule has 4 heterocycles. The SMILES string of the molecule is C.CC(C)(C)OC(=O)N1CCN(CCOc2ccc(O)cc2)CC1.COc1ccc2c(c1)S(=O)C(c1ccc(Br)cc1)=C2Br.COc1ccc2c(c1)S(=O)C(c1ccc(Br)cc1)=C2Oc1ccc(OCCN2CCN(C(=O)OC(C)(C)C)CC2)cc1. The number of phenolic OH excluding ortho intramolecular Hbond substituents is 1. The number of ether oxygens (including phenoxy) is 7. The fraction of sp³-hybridized carbons (Fsp3) is 0.354. The molecule has 2 amide bonds. The lowest BCUT2D eigenvalue weighted by Gasteiger charge is -2.35. The van der Waals surface area contributed by atoms with Crippen molar-refractivity contribution in [1.29, 1.82) is 0 Å². The number of fused-ring (bicyclic) bond motifs is 2. The monoisotopic (exact) mass is 1400 g/mol. The van der Waals surface area contributed by atoms with E-state index in [1.165, 1.54) is 0 Å². The summed E-state index contributed by atoms with van der Waals surface area (Å²) in [5, 5.41) is 9.22. The number of hydrogen-bond acceptors (Lipinski definition) is 14. The average Bonchev–Trinajstić information content (AvgIpc) is 1.67. The zero-order chi connectivity index (χ0) is 61.0. The van der Waals surface area contributed by atoms with Crippen LogP contribution in [-0.2, 0) is 31.1 Å². The first-order valence-electron chi connectivity index (χ1n) is 27.7. The van der Waals surface area contributed by atoms with E-state index in [0.29, 0.717) is 66.5 Å². The van der Waals surface area contributed by atoms with Crippen molar-refractivity contribution in [3.05, 3.63) is 165 Å². The van der Waals surface area contributed by atoms with Crippen molar-refractivity contribution >= 4 is 102 Å². The summed E-state index contributed by atoms with van der Waals surface area (Å²) in [7, 11) is 0.576. The van der Waals surface area contributed by atoms with Gasteiger partial charge < -0.3 is 48.1 Å². The van der Waals surface area contributed by atoms with Crippen molar-refractivity contribution in [3.63, 3.8) is 0 Å². The topological polar surface area (TPSA) is 166 Å². The van der Waals surface area contributed by atoms with E-state index in [4.69, 9.17) is 33.2 Å². The molecule has 1 N–H and O–H groups in total. The highest BCUT2D eigenvalue weighted by molar-refractivity contribution is 9.15. The summed E-state index contributed by atoms with van der Waals surface area (Å²) in [5.74, 6) is 4.25. The lowest BCUT2D eigenvalue weighted by atomic mass is 10.1. The van der Waals surface area contributed by atoms with Gasteiger partial charge in [-0.1, -0.05) is 63.6 Å². The Labute approximate surface area is 535 Å². The van der Waals surface area contributed by atoms with E-state index in [2.05, 4.69) is 57.6 Å². The quantitative estimate of drug-likeness (QED) is 0.109. The fourth-order valence-corrected chi connectivity index (χ4v) is 13.7. The Kier molecular flexibility index (Phi) is 24.0. The molecule has 6 aromatic carbocycles. The van der Waals surface area contributed by atoms with Crippen LogP contribution >= 0.6 is 47.8 Å². The van der Waals surface area contributed by atoms with Gasteiger partial charge in [0.1, 0.15) is 58.9 Å². The Bertz CT molecular complexity index is 3390. The van der Waals surface area contributed by atoms with E-state index in [1.807, 2.05) is 145 Å². The summed E-state index contributed by atoms with van der Waals surface area (Å²) in [4.78, 5) is 35.2. The van der Waals surface area contributed by atoms with Crippen molar-refractivity contribution in [2.45, 2.75) is 70.0 Å². The van der Waals surface area contributed by atoms with Crippen molar-refractivity contribution < 1.29 is 56.3 Å². The molecular formula is C65H75Br3N4O12S2. The maximum Gasteiger partial charge on any atom is 0.410 e. The first-order valence-corrected chi connectivity index (χ1v) is 32.3.